The number of nitrogens with one attached hydrogen (secondary N) is 1. The minimum absolute atomic E-state index is 0.245. The molecule has 1 aromatic heterocycles. The lowest BCUT2D eigenvalue weighted by atomic mass is 10.1. The van der Waals surface area contributed by atoms with E-state index in [-0.39, 0.29) is 5.92 Å². The summed E-state index contributed by atoms with van der Waals surface area (Å²) in [6.45, 7) is 4.09. The average molecular weight is 285 g/mol. The van der Waals surface area contributed by atoms with E-state index in [0.717, 1.165) is 11.4 Å². The van der Waals surface area contributed by atoms with Crippen molar-refractivity contribution in [2.45, 2.75) is 19.8 Å². The molecule has 0 unspecified atom stereocenters. The number of nitrogens with zero attached hydrogens (tertiary/aromatic N) is 3. The van der Waals surface area contributed by atoms with E-state index >= 15 is 0 Å². The molecule has 0 fully saturated rings. The van der Waals surface area contributed by atoms with Crippen LogP contribution in [0.3, 0.4) is 0 Å². The fourth-order valence-electron chi connectivity index (χ4n) is 2.13. The lowest BCUT2D eigenvalue weighted by Crippen LogP contribution is -2.03. The van der Waals surface area contributed by atoms with Gasteiger partial charge in [0.05, 0.1) is 35.8 Å². The van der Waals surface area contributed by atoms with Gasteiger partial charge in [-0.3, -0.25) is 4.68 Å². The third kappa shape index (κ3) is 2.77. The number of rotatable bonds is 4. The lowest BCUT2D eigenvalue weighted by Gasteiger charge is -2.12. The highest BCUT2D eigenvalue weighted by Crippen LogP contribution is 2.33. The van der Waals surface area contributed by atoms with Gasteiger partial charge in [0.25, 0.3) is 0 Å². The Morgan fingerprint density at radius 3 is 2.67 bits per heavy atom. The smallest absolute Gasteiger partial charge is 0.152 e. The highest BCUT2D eigenvalue weighted by atomic mass is 16.5. The van der Waals surface area contributed by atoms with Crippen LogP contribution in [0, 0.1) is 11.3 Å². The zero-order valence-electron chi connectivity index (χ0n) is 12.6. The van der Waals surface area contributed by atoms with Crippen molar-refractivity contribution in [1.29, 1.82) is 5.26 Å². The number of nitrogen functional groups attached to an aromatic ring is 1. The quantitative estimate of drug-likeness (QED) is 0.901. The Bertz CT molecular complexity index is 697. The van der Waals surface area contributed by atoms with E-state index < -0.39 is 0 Å². The first-order valence-corrected chi connectivity index (χ1v) is 6.65. The van der Waals surface area contributed by atoms with Crippen molar-refractivity contribution < 1.29 is 4.74 Å². The van der Waals surface area contributed by atoms with Crippen LogP contribution in [0.1, 0.15) is 31.0 Å². The summed E-state index contributed by atoms with van der Waals surface area (Å²) in [4.78, 5) is 0. The van der Waals surface area contributed by atoms with Crippen LogP contribution in [0.4, 0.5) is 17.2 Å². The number of hydrogen-bond donors (Lipinski definition) is 2. The highest BCUT2D eigenvalue weighted by Gasteiger charge is 2.17. The molecule has 6 heteroatoms. The van der Waals surface area contributed by atoms with Crippen molar-refractivity contribution in [3.8, 4) is 11.8 Å². The number of ether oxygens (including phenoxy) is 1. The number of anilines is 3. The molecule has 0 aliphatic heterocycles. The predicted molar refractivity (Wildman–Crippen MR) is 82.7 cm³/mol. The van der Waals surface area contributed by atoms with Crippen LogP contribution in [-0.4, -0.2) is 16.9 Å². The van der Waals surface area contributed by atoms with Crippen molar-refractivity contribution in [2.24, 2.45) is 7.05 Å². The van der Waals surface area contributed by atoms with Crippen molar-refractivity contribution in [2.75, 3.05) is 18.2 Å². The van der Waals surface area contributed by atoms with Crippen LogP contribution in [0.5, 0.6) is 5.75 Å². The first kappa shape index (κ1) is 14.7. The van der Waals surface area contributed by atoms with Gasteiger partial charge in [0.2, 0.25) is 0 Å². The molecular weight excluding hydrogens is 266 g/mol. The summed E-state index contributed by atoms with van der Waals surface area (Å²) in [5.41, 5.74) is 8.92. The van der Waals surface area contributed by atoms with E-state index in [1.165, 1.54) is 0 Å². The summed E-state index contributed by atoms with van der Waals surface area (Å²) in [7, 11) is 3.40. The van der Waals surface area contributed by atoms with E-state index in [0.29, 0.717) is 22.8 Å². The largest absolute Gasteiger partial charge is 0.495 e. The normalized spacial score (nSPS) is 10.5. The van der Waals surface area contributed by atoms with E-state index in [1.807, 2.05) is 20.9 Å². The van der Waals surface area contributed by atoms with Gasteiger partial charge < -0.3 is 15.8 Å². The molecule has 0 spiro atoms. The van der Waals surface area contributed by atoms with Gasteiger partial charge in [0, 0.05) is 13.1 Å². The summed E-state index contributed by atoms with van der Waals surface area (Å²) in [6.07, 6.45) is 0. The Kier molecular flexibility index (Phi) is 4.03. The Hall–Kier alpha value is -2.68. The van der Waals surface area contributed by atoms with Crippen LogP contribution in [0.25, 0.3) is 0 Å². The standard InChI is InChI=1S/C15H19N5O/c1-9(2)14-13(17)15(20(3)19-14)18-11-6-5-10(8-16)7-12(11)21-4/h5-7,9,18H,17H2,1-4H3. The summed E-state index contributed by atoms with van der Waals surface area (Å²) >= 11 is 0. The Labute approximate surface area is 124 Å². The zero-order valence-corrected chi connectivity index (χ0v) is 12.6. The number of nitrogens with two attached hydrogens (primary N) is 1. The molecule has 2 aromatic rings. The first-order chi connectivity index (χ1) is 9.97. The second kappa shape index (κ2) is 5.75. The van der Waals surface area contributed by atoms with Crippen molar-refractivity contribution >= 4 is 17.2 Å². The first-order valence-electron chi connectivity index (χ1n) is 6.65. The van der Waals surface area contributed by atoms with Gasteiger partial charge in [-0.05, 0) is 18.1 Å². The van der Waals surface area contributed by atoms with E-state index in [9.17, 15) is 0 Å². The van der Waals surface area contributed by atoms with Gasteiger partial charge >= 0.3 is 0 Å². The summed E-state index contributed by atoms with van der Waals surface area (Å²) in [5.74, 6) is 1.54. The summed E-state index contributed by atoms with van der Waals surface area (Å²) < 4.78 is 7.02. The van der Waals surface area contributed by atoms with Crippen LogP contribution in [0.15, 0.2) is 18.2 Å². The fourth-order valence-corrected chi connectivity index (χ4v) is 2.13. The third-order valence-electron chi connectivity index (χ3n) is 3.24. The predicted octanol–water partition coefficient (Wildman–Crippen LogP) is 2.75. The van der Waals surface area contributed by atoms with Crippen molar-refractivity contribution in [1.82, 2.24) is 9.78 Å². The molecule has 0 saturated heterocycles. The van der Waals surface area contributed by atoms with E-state index in [1.54, 1.807) is 30.0 Å². The van der Waals surface area contributed by atoms with Crippen LogP contribution >= 0.6 is 0 Å². The van der Waals surface area contributed by atoms with Gasteiger partial charge in [0.1, 0.15) is 5.75 Å². The number of methoxy groups -OCH3 is 1. The molecule has 21 heavy (non-hydrogen) atoms. The molecule has 2 rings (SSSR count). The Morgan fingerprint density at radius 2 is 2.14 bits per heavy atom. The number of hydrogen-bond acceptors (Lipinski definition) is 5. The molecule has 110 valence electrons. The number of aromatic nitrogens is 2. The monoisotopic (exact) mass is 285 g/mol. The SMILES string of the molecule is COc1cc(C#N)ccc1Nc1c(N)c(C(C)C)nn1C. The molecule has 6 nitrogen and oxygen atoms in total. The molecule has 0 aliphatic rings. The molecule has 0 bridgehead atoms. The molecular formula is C15H19N5O. The minimum atomic E-state index is 0.245. The second-order valence-corrected chi connectivity index (χ2v) is 5.08. The average Bonchev–Trinajstić information content (AvgIpc) is 2.75. The molecule has 0 saturated carbocycles. The molecule has 0 aliphatic carbocycles. The zero-order chi connectivity index (χ0) is 15.6. The summed E-state index contributed by atoms with van der Waals surface area (Å²) in [6, 6.07) is 7.28. The van der Waals surface area contributed by atoms with Gasteiger partial charge in [-0.15, -0.1) is 0 Å². The number of nitriles is 1. The highest BCUT2D eigenvalue weighted by molar-refractivity contribution is 5.75. The van der Waals surface area contributed by atoms with Crippen LogP contribution in [-0.2, 0) is 7.05 Å². The second-order valence-electron chi connectivity index (χ2n) is 5.08. The molecule has 3 N–H and O–H groups in total. The maximum Gasteiger partial charge on any atom is 0.152 e. The van der Waals surface area contributed by atoms with Gasteiger partial charge in [0.15, 0.2) is 5.82 Å². The van der Waals surface area contributed by atoms with Crippen molar-refractivity contribution in [3.05, 3.63) is 29.5 Å². The third-order valence-corrected chi connectivity index (χ3v) is 3.24. The number of benzene rings is 1. The molecule has 1 heterocycles. The molecule has 0 radical (unpaired) electrons. The van der Waals surface area contributed by atoms with Gasteiger partial charge in [-0.25, -0.2) is 0 Å². The summed E-state index contributed by atoms with van der Waals surface area (Å²) in [5, 5.41) is 16.6. The van der Waals surface area contributed by atoms with E-state index in [4.69, 9.17) is 15.7 Å². The van der Waals surface area contributed by atoms with Crippen LogP contribution in [0.2, 0.25) is 0 Å². The molecule has 0 atom stereocenters. The lowest BCUT2D eigenvalue weighted by molar-refractivity contribution is 0.416. The molecule has 1 aromatic carbocycles. The van der Waals surface area contributed by atoms with Gasteiger partial charge in [-0.2, -0.15) is 10.4 Å². The topological polar surface area (TPSA) is 88.9 Å². The number of aryl methyl sites for hydroxylation is 1. The van der Waals surface area contributed by atoms with Gasteiger partial charge in [-0.1, -0.05) is 13.8 Å². The fraction of sp³-hybridized carbons (Fsp3) is 0.333. The maximum absolute atomic E-state index is 8.93. The Morgan fingerprint density at radius 1 is 1.43 bits per heavy atom. The maximum atomic E-state index is 8.93. The molecule has 0 amide bonds. The minimum Gasteiger partial charge on any atom is -0.495 e. The Balaban J connectivity index is 2.41. The van der Waals surface area contributed by atoms with Crippen LogP contribution < -0.4 is 15.8 Å². The van der Waals surface area contributed by atoms with Crippen molar-refractivity contribution in [3.63, 3.8) is 0 Å². The van der Waals surface area contributed by atoms with E-state index in [2.05, 4.69) is 16.5 Å².